The topological polar surface area (TPSA) is 85.1 Å². The molecule has 3 N–H and O–H groups in total. The predicted octanol–water partition coefficient (Wildman–Crippen LogP) is 4.06. The molecule has 112 valence electrons. The summed E-state index contributed by atoms with van der Waals surface area (Å²) in [5.41, 5.74) is 6.62. The molecule has 1 aromatic carbocycles. The molecule has 1 heterocycles. The van der Waals surface area contributed by atoms with E-state index in [1.807, 2.05) is 0 Å². The fourth-order valence-electron chi connectivity index (χ4n) is 1.65. The molecule has 5 nitrogen and oxygen atoms in total. The molecule has 0 amide bonds. The number of sulfonamides is 1. The maximum Gasteiger partial charge on any atom is 0.266 e. The SMILES string of the molecule is Cc1nc(NS(=O)(=O)c2c(N)cc(Br)cc2Br)ccc1Br. The van der Waals surface area contributed by atoms with Crippen molar-refractivity contribution in [3.05, 3.63) is 43.4 Å². The Hall–Kier alpha value is -0.640. The molecule has 2 rings (SSSR count). The summed E-state index contributed by atoms with van der Waals surface area (Å²) in [5, 5.41) is 0. The first-order chi connectivity index (χ1) is 9.70. The van der Waals surface area contributed by atoms with Crippen LogP contribution in [0, 0.1) is 6.92 Å². The van der Waals surface area contributed by atoms with E-state index < -0.39 is 10.0 Å². The number of aryl methyl sites for hydroxylation is 1. The van der Waals surface area contributed by atoms with Gasteiger partial charge in [-0.3, -0.25) is 4.72 Å². The molecule has 0 spiro atoms. The fourth-order valence-corrected chi connectivity index (χ4v) is 4.95. The van der Waals surface area contributed by atoms with E-state index in [9.17, 15) is 8.42 Å². The van der Waals surface area contributed by atoms with E-state index >= 15 is 0 Å². The summed E-state index contributed by atoms with van der Waals surface area (Å²) in [4.78, 5) is 4.14. The number of halogens is 3. The monoisotopic (exact) mass is 497 g/mol. The van der Waals surface area contributed by atoms with E-state index in [1.165, 1.54) is 6.07 Å². The molecule has 0 saturated carbocycles. The Labute approximate surface area is 147 Å². The molecule has 2 aromatic rings. The van der Waals surface area contributed by atoms with Crippen LogP contribution in [0.15, 0.2) is 42.6 Å². The number of hydrogen-bond donors (Lipinski definition) is 2. The normalized spacial score (nSPS) is 11.4. The van der Waals surface area contributed by atoms with Crippen molar-refractivity contribution in [1.82, 2.24) is 4.98 Å². The number of anilines is 2. The molecular weight excluding hydrogens is 490 g/mol. The molecule has 0 fully saturated rings. The predicted molar refractivity (Wildman–Crippen MR) is 93.7 cm³/mol. The number of rotatable bonds is 3. The van der Waals surface area contributed by atoms with E-state index in [2.05, 4.69) is 57.5 Å². The van der Waals surface area contributed by atoms with Crippen LogP contribution < -0.4 is 10.5 Å². The van der Waals surface area contributed by atoms with Gasteiger partial charge in [-0.2, -0.15) is 0 Å². The van der Waals surface area contributed by atoms with Crippen LogP contribution in [-0.4, -0.2) is 13.4 Å². The van der Waals surface area contributed by atoms with Crippen molar-refractivity contribution in [2.24, 2.45) is 0 Å². The molecule has 0 atom stereocenters. The summed E-state index contributed by atoms with van der Waals surface area (Å²) in [6.45, 7) is 1.77. The molecular formula is C12H10Br3N3O2S. The van der Waals surface area contributed by atoms with Crippen molar-refractivity contribution in [2.45, 2.75) is 11.8 Å². The van der Waals surface area contributed by atoms with Gasteiger partial charge >= 0.3 is 0 Å². The van der Waals surface area contributed by atoms with Crippen molar-refractivity contribution in [3.63, 3.8) is 0 Å². The highest BCUT2D eigenvalue weighted by molar-refractivity contribution is 9.11. The van der Waals surface area contributed by atoms with Gasteiger partial charge in [-0.15, -0.1) is 0 Å². The Kier molecular flexibility index (Phi) is 4.96. The third-order valence-electron chi connectivity index (χ3n) is 2.57. The smallest absolute Gasteiger partial charge is 0.266 e. The minimum absolute atomic E-state index is 0.0203. The largest absolute Gasteiger partial charge is 0.398 e. The average Bonchev–Trinajstić information content (AvgIpc) is 2.31. The van der Waals surface area contributed by atoms with Crippen LogP contribution in [0.1, 0.15) is 5.69 Å². The molecule has 0 aliphatic rings. The molecule has 0 radical (unpaired) electrons. The highest BCUT2D eigenvalue weighted by Gasteiger charge is 2.22. The number of nitrogens with zero attached hydrogens (tertiary/aromatic N) is 1. The Bertz CT molecular complexity index is 786. The van der Waals surface area contributed by atoms with Gasteiger partial charge in [0.25, 0.3) is 10.0 Å². The Balaban J connectivity index is 2.46. The number of nitrogens with one attached hydrogen (secondary N) is 1. The van der Waals surface area contributed by atoms with Crippen LogP contribution in [0.2, 0.25) is 0 Å². The van der Waals surface area contributed by atoms with Crippen molar-refractivity contribution < 1.29 is 8.42 Å². The second kappa shape index (κ2) is 6.23. The minimum Gasteiger partial charge on any atom is -0.398 e. The van der Waals surface area contributed by atoms with Gasteiger partial charge in [0.15, 0.2) is 0 Å². The lowest BCUT2D eigenvalue weighted by Gasteiger charge is -2.12. The average molecular weight is 500 g/mol. The molecule has 0 aliphatic carbocycles. The Morgan fingerprint density at radius 2 is 1.81 bits per heavy atom. The number of hydrogen-bond acceptors (Lipinski definition) is 4. The number of aromatic nitrogens is 1. The van der Waals surface area contributed by atoms with E-state index in [1.54, 1.807) is 25.1 Å². The molecule has 1 aromatic heterocycles. The standard InChI is InChI=1S/C12H10Br3N3O2S/c1-6-8(14)2-3-11(17-6)18-21(19,20)12-9(15)4-7(13)5-10(12)16/h2-5H,16H2,1H3,(H,17,18). The van der Waals surface area contributed by atoms with Gasteiger partial charge in [0.1, 0.15) is 10.7 Å². The van der Waals surface area contributed by atoms with Crippen LogP contribution >= 0.6 is 47.8 Å². The summed E-state index contributed by atoms with van der Waals surface area (Å²) in [5.74, 6) is 0.227. The maximum absolute atomic E-state index is 12.5. The molecule has 21 heavy (non-hydrogen) atoms. The van der Waals surface area contributed by atoms with Gasteiger partial charge in [0.05, 0.1) is 11.4 Å². The lowest BCUT2D eigenvalue weighted by Crippen LogP contribution is -2.16. The molecule has 0 saturated heterocycles. The zero-order valence-corrected chi connectivity index (χ0v) is 16.3. The van der Waals surface area contributed by atoms with Crippen LogP contribution in [0.4, 0.5) is 11.5 Å². The number of pyridine rings is 1. The highest BCUT2D eigenvalue weighted by Crippen LogP contribution is 2.32. The Morgan fingerprint density at radius 1 is 1.14 bits per heavy atom. The first-order valence-corrected chi connectivity index (χ1v) is 9.47. The third kappa shape index (κ3) is 3.77. The number of benzene rings is 1. The van der Waals surface area contributed by atoms with Crippen molar-refractivity contribution >= 4 is 69.3 Å². The quantitative estimate of drug-likeness (QED) is 0.624. The molecule has 0 aliphatic heterocycles. The summed E-state index contributed by atoms with van der Waals surface area (Å²) in [6.07, 6.45) is 0. The van der Waals surface area contributed by atoms with Crippen LogP contribution in [0.5, 0.6) is 0 Å². The Morgan fingerprint density at radius 3 is 2.38 bits per heavy atom. The zero-order chi connectivity index (χ0) is 15.8. The minimum atomic E-state index is -3.84. The zero-order valence-electron chi connectivity index (χ0n) is 10.7. The maximum atomic E-state index is 12.5. The second-order valence-electron chi connectivity index (χ2n) is 4.18. The lowest BCUT2D eigenvalue weighted by molar-refractivity contribution is 0.601. The van der Waals surface area contributed by atoms with Crippen LogP contribution in [0.3, 0.4) is 0 Å². The summed E-state index contributed by atoms with van der Waals surface area (Å²) in [6, 6.07) is 6.43. The van der Waals surface area contributed by atoms with Gasteiger partial charge in [0, 0.05) is 13.4 Å². The van der Waals surface area contributed by atoms with Gasteiger partial charge in [-0.25, -0.2) is 13.4 Å². The second-order valence-corrected chi connectivity index (χ2v) is 8.42. The van der Waals surface area contributed by atoms with E-state index in [-0.39, 0.29) is 16.4 Å². The number of nitrogen functional groups attached to an aromatic ring is 1. The van der Waals surface area contributed by atoms with E-state index in [0.717, 1.165) is 4.47 Å². The van der Waals surface area contributed by atoms with Crippen LogP contribution in [0.25, 0.3) is 0 Å². The summed E-state index contributed by atoms with van der Waals surface area (Å²) >= 11 is 9.78. The van der Waals surface area contributed by atoms with Gasteiger partial charge in [-0.05, 0) is 63.0 Å². The van der Waals surface area contributed by atoms with Crippen molar-refractivity contribution in [1.29, 1.82) is 0 Å². The van der Waals surface area contributed by atoms with Crippen LogP contribution in [-0.2, 0) is 10.0 Å². The molecule has 0 bridgehead atoms. The van der Waals surface area contributed by atoms with Gasteiger partial charge in [0.2, 0.25) is 0 Å². The first kappa shape index (κ1) is 16.7. The molecule has 0 unspecified atom stereocenters. The van der Waals surface area contributed by atoms with Crippen molar-refractivity contribution in [2.75, 3.05) is 10.5 Å². The molecule has 9 heteroatoms. The first-order valence-electron chi connectivity index (χ1n) is 5.61. The lowest BCUT2D eigenvalue weighted by atomic mass is 10.3. The van der Waals surface area contributed by atoms with Crippen molar-refractivity contribution in [3.8, 4) is 0 Å². The summed E-state index contributed by atoms with van der Waals surface area (Å²) in [7, 11) is -3.84. The van der Waals surface area contributed by atoms with E-state index in [4.69, 9.17) is 5.73 Å². The number of nitrogens with two attached hydrogens (primary N) is 1. The summed E-state index contributed by atoms with van der Waals surface area (Å²) < 4.78 is 29.2. The van der Waals surface area contributed by atoms with Gasteiger partial charge < -0.3 is 5.73 Å². The fraction of sp³-hybridized carbons (Fsp3) is 0.0833. The third-order valence-corrected chi connectivity index (χ3v) is 6.22. The highest BCUT2D eigenvalue weighted by atomic mass is 79.9. The van der Waals surface area contributed by atoms with E-state index in [0.29, 0.717) is 14.6 Å². The van der Waals surface area contributed by atoms with Gasteiger partial charge in [-0.1, -0.05) is 15.9 Å².